The number of non-ortho nitro benzene ring substituents is 1. The van der Waals surface area contributed by atoms with E-state index < -0.39 is 10.9 Å². The molecule has 0 atom stereocenters. The molecule has 3 rings (SSSR count). The minimum Gasteiger partial charge on any atom is -0.481 e. The van der Waals surface area contributed by atoms with E-state index in [1.54, 1.807) is 12.1 Å². The molecule has 1 N–H and O–H groups in total. The van der Waals surface area contributed by atoms with Gasteiger partial charge in [-0.3, -0.25) is 14.9 Å². The SMILES string of the molecule is O=C(O)CCCC=Cc1nn(-c2ccc([N+](=O)[O-])cc2)c2c1CCCC2. The Morgan fingerprint density at radius 2 is 2.00 bits per heavy atom. The monoisotopic (exact) mass is 355 g/mol. The third-order valence-corrected chi connectivity index (χ3v) is 4.55. The molecule has 7 heteroatoms. The third-order valence-electron chi connectivity index (χ3n) is 4.55. The topological polar surface area (TPSA) is 98.3 Å². The van der Waals surface area contributed by atoms with Gasteiger partial charge < -0.3 is 5.11 Å². The molecule has 0 saturated carbocycles. The van der Waals surface area contributed by atoms with Crippen LogP contribution in [0.15, 0.2) is 30.3 Å². The van der Waals surface area contributed by atoms with Crippen LogP contribution in [-0.4, -0.2) is 25.8 Å². The van der Waals surface area contributed by atoms with Gasteiger partial charge in [0.15, 0.2) is 0 Å². The average Bonchev–Trinajstić information content (AvgIpc) is 3.00. The number of carboxylic acids is 1. The van der Waals surface area contributed by atoms with E-state index in [1.165, 1.54) is 17.7 Å². The van der Waals surface area contributed by atoms with Crippen molar-refractivity contribution in [2.75, 3.05) is 0 Å². The maximum atomic E-state index is 10.8. The van der Waals surface area contributed by atoms with Crippen molar-refractivity contribution in [3.05, 3.63) is 57.4 Å². The fraction of sp³-hybridized carbons (Fsp3) is 0.368. The fourth-order valence-corrected chi connectivity index (χ4v) is 3.26. The summed E-state index contributed by atoms with van der Waals surface area (Å²) in [5.74, 6) is -0.779. The molecule has 1 aliphatic carbocycles. The number of rotatable bonds is 7. The largest absolute Gasteiger partial charge is 0.481 e. The van der Waals surface area contributed by atoms with E-state index in [1.807, 2.05) is 16.8 Å². The molecule has 0 radical (unpaired) electrons. The Balaban J connectivity index is 1.84. The summed E-state index contributed by atoms with van der Waals surface area (Å²) in [5, 5.41) is 24.2. The van der Waals surface area contributed by atoms with E-state index in [2.05, 4.69) is 0 Å². The van der Waals surface area contributed by atoms with Crippen LogP contribution in [0.5, 0.6) is 0 Å². The predicted molar refractivity (Wildman–Crippen MR) is 97.4 cm³/mol. The molecule has 0 amide bonds. The molecule has 26 heavy (non-hydrogen) atoms. The zero-order valence-electron chi connectivity index (χ0n) is 14.4. The second-order valence-electron chi connectivity index (χ2n) is 6.39. The number of carboxylic acid groups (broad SMARTS) is 1. The van der Waals surface area contributed by atoms with E-state index in [0.717, 1.165) is 42.8 Å². The summed E-state index contributed by atoms with van der Waals surface area (Å²) in [6.07, 6.45) is 9.55. The maximum absolute atomic E-state index is 10.8. The van der Waals surface area contributed by atoms with Crippen LogP contribution >= 0.6 is 0 Å². The minimum absolute atomic E-state index is 0.0633. The number of aliphatic carboxylic acids is 1. The van der Waals surface area contributed by atoms with Gasteiger partial charge in [-0.25, -0.2) is 4.68 Å². The Kier molecular flexibility index (Phi) is 5.46. The Hall–Kier alpha value is -2.96. The van der Waals surface area contributed by atoms with Crippen LogP contribution in [0.2, 0.25) is 0 Å². The molecule has 0 fully saturated rings. The minimum atomic E-state index is -0.779. The smallest absolute Gasteiger partial charge is 0.303 e. The van der Waals surface area contributed by atoms with E-state index in [4.69, 9.17) is 10.2 Å². The number of nitro benzene ring substituents is 1. The van der Waals surface area contributed by atoms with Gasteiger partial charge in [-0.2, -0.15) is 5.10 Å². The summed E-state index contributed by atoms with van der Waals surface area (Å²) in [6.45, 7) is 0. The number of benzene rings is 1. The van der Waals surface area contributed by atoms with Gasteiger partial charge >= 0.3 is 5.97 Å². The second kappa shape index (κ2) is 7.95. The first-order valence-corrected chi connectivity index (χ1v) is 8.80. The summed E-state index contributed by atoms with van der Waals surface area (Å²) >= 11 is 0. The Morgan fingerprint density at radius 3 is 2.69 bits per heavy atom. The van der Waals surface area contributed by atoms with Crippen LogP contribution < -0.4 is 0 Å². The van der Waals surface area contributed by atoms with Gasteiger partial charge in [0, 0.05) is 29.8 Å². The van der Waals surface area contributed by atoms with Gasteiger partial charge in [0.25, 0.3) is 5.69 Å². The van der Waals surface area contributed by atoms with Crippen molar-refractivity contribution in [1.82, 2.24) is 9.78 Å². The fourth-order valence-electron chi connectivity index (χ4n) is 3.26. The van der Waals surface area contributed by atoms with E-state index in [0.29, 0.717) is 12.8 Å². The molecule has 2 aromatic rings. The van der Waals surface area contributed by atoms with Gasteiger partial charge in [-0.1, -0.05) is 6.08 Å². The summed E-state index contributed by atoms with van der Waals surface area (Å²) in [7, 11) is 0. The number of aromatic nitrogens is 2. The Labute approximate surface area is 151 Å². The molecule has 7 nitrogen and oxygen atoms in total. The van der Waals surface area contributed by atoms with Crippen molar-refractivity contribution in [3.8, 4) is 5.69 Å². The van der Waals surface area contributed by atoms with Crippen molar-refractivity contribution in [1.29, 1.82) is 0 Å². The van der Waals surface area contributed by atoms with Gasteiger partial charge in [0.2, 0.25) is 0 Å². The maximum Gasteiger partial charge on any atom is 0.303 e. The lowest BCUT2D eigenvalue weighted by atomic mass is 9.95. The average molecular weight is 355 g/mol. The number of unbranched alkanes of at least 4 members (excludes halogenated alkanes) is 1. The Bertz CT molecular complexity index is 837. The second-order valence-corrected chi connectivity index (χ2v) is 6.39. The number of fused-ring (bicyclic) bond motifs is 1. The Morgan fingerprint density at radius 1 is 1.27 bits per heavy atom. The third kappa shape index (κ3) is 3.99. The molecule has 0 unspecified atom stereocenters. The zero-order chi connectivity index (χ0) is 18.5. The van der Waals surface area contributed by atoms with Crippen molar-refractivity contribution in [3.63, 3.8) is 0 Å². The molecule has 0 aliphatic heterocycles. The lowest BCUT2D eigenvalue weighted by Crippen LogP contribution is -2.07. The zero-order valence-corrected chi connectivity index (χ0v) is 14.4. The molecule has 0 spiro atoms. The highest BCUT2D eigenvalue weighted by Crippen LogP contribution is 2.28. The van der Waals surface area contributed by atoms with E-state index >= 15 is 0 Å². The molecular weight excluding hydrogens is 334 g/mol. The number of allylic oxidation sites excluding steroid dienone is 1. The van der Waals surface area contributed by atoms with Crippen LogP contribution in [0.25, 0.3) is 11.8 Å². The van der Waals surface area contributed by atoms with Gasteiger partial charge in [-0.05, 0) is 56.7 Å². The number of hydrogen-bond donors (Lipinski definition) is 1. The molecule has 0 saturated heterocycles. The van der Waals surface area contributed by atoms with Crippen LogP contribution in [-0.2, 0) is 17.6 Å². The molecule has 1 aromatic heterocycles. The van der Waals surface area contributed by atoms with E-state index in [9.17, 15) is 14.9 Å². The summed E-state index contributed by atoms with van der Waals surface area (Å²) < 4.78 is 1.88. The van der Waals surface area contributed by atoms with Gasteiger partial charge in [0.1, 0.15) is 0 Å². The molecule has 136 valence electrons. The first kappa shape index (κ1) is 17.8. The van der Waals surface area contributed by atoms with Gasteiger partial charge in [0.05, 0.1) is 16.3 Å². The standard InChI is InChI=1S/C19H21N3O4/c23-19(24)9-3-1-2-7-17-16-6-4-5-8-18(16)21(20-17)14-10-12-15(13-11-14)22(25)26/h2,7,10-13H,1,3-6,8-9H2,(H,23,24). The van der Waals surface area contributed by atoms with Gasteiger partial charge in [-0.15, -0.1) is 0 Å². The molecule has 1 heterocycles. The highest BCUT2D eigenvalue weighted by atomic mass is 16.6. The van der Waals surface area contributed by atoms with Crippen LogP contribution in [0, 0.1) is 10.1 Å². The first-order chi connectivity index (χ1) is 12.6. The number of nitrogens with zero attached hydrogens (tertiary/aromatic N) is 3. The molecule has 1 aliphatic rings. The predicted octanol–water partition coefficient (Wildman–Crippen LogP) is 3.93. The molecule has 1 aromatic carbocycles. The highest BCUT2D eigenvalue weighted by Gasteiger charge is 2.20. The van der Waals surface area contributed by atoms with Crippen molar-refractivity contribution >= 4 is 17.7 Å². The number of hydrogen-bond acceptors (Lipinski definition) is 4. The number of nitro groups is 1. The quantitative estimate of drug-likeness (QED) is 0.461. The summed E-state index contributed by atoms with van der Waals surface area (Å²) in [4.78, 5) is 21.0. The highest BCUT2D eigenvalue weighted by molar-refractivity contribution is 5.66. The van der Waals surface area contributed by atoms with Crippen molar-refractivity contribution in [2.24, 2.45) is 0 Å². The first-order valence-electron chi connectivity index (χ1n) is 8.80. The molecule has 0 bridgehead atoms. The van der Waals surface area contributed by atoms with Crippen LogP contribution in [0.4, 0.5) is 5.69 Å². The number of carbonyl (C=O) groups is 1. The lowest BCUT2D eigenvalue weighted by Gasteiger charge is -2.14. The van der Waals surface area contributed by atoms with Crippen LogP contribution in [0.1, 0.15) is 49.1 Å². The molecular formula is C19H21N3O4. The summed E-state index contributed by atoms with van der Waals surface area (Å²) in [6, 6.07) is 6.43. The van der Waals surface area contributed by atoms with E-state index in [-0.39, 0.29) is 12.1 Å². The normalized spacial score (nSPS) is 13.7. The summed E-state index contributed by atoms with van der Waals surface area (Å²) in [5.41, 5.74) is 4.18. The van der Waals surface area contributed by atoms with Crippen molar-refractivity contribution in [2.45, 2.75) is 44.9 Å². The van der Waals surface area contributed by atoms with Crippen LogP contribution in [0.3, 0.4) is 0 Å². The van der Waals surface area contributed by atoms with Crippen molar-refractivity contribution < 1.29 is 14.8 Å². The lowest BCUT2D eigenvalue weighted by molar-refractivity contribution is -0.384.